The molecule has 1 aliphatic rings. The number of hydrogen-bond acceptors (Lipinski definition) is 5. The second kappa shape index (κ2) is 8.86. The Kier molecular flexibility index (Phi) is 6.51. The number of nitrogens with zero attached hydrogens (tertiary/aromatic N) is 1. The summed E-state index contributed by atoms with van der Waals surface area (Å²) in [7, 11) is -3.51. The normalized spacial score (nSPS) is 18.2. The molecule has 1 aliphatic heterocycles. The highest BCUT2D eigenvalue weighted by atomic mass is 32.2. The van der Waals surface area contributed by atoms with Gasteiger partial charge in [0.15, 0.2) is 0 Å². The van der Waals surface area contributed by atoms with Crippen molar-refractivity contribution in [3.05, 3.63) is 47.3 Å². The second-order valence-electron chi connectivity index (χ2n) is 6.63. The molecule has 1 aromatic carbocycles. The van der Waals surface area contributed by atoms with Crippen molar-refractivity contribution in [2.45, 2.75) is 30.5 Å². The van der Waals surface area contributed by atoms with Gasteiger partial charge < -0.3 is 10.1 Å². The Morgan fingerprint density at radius 2 is 2.04 bits per heavy atom. The number of rotatable bonds is 7. The van der Waals surface area contributed by atoms with Gasteiger partial charge in [-0.1, -0.05) is 18.2 Å². The predicted molar refractivity (Wildman–Crippen MR) is 105 cm³/mol. The lowest BCUT2D eigenvalue weighted by Gasteiger charge is -2.31. The molecule has 1 saturated heterocycles. The summed E-state index contributed by atoms with van der Waals surface area (Å²) in [5.41, 5.74) is 0. The standard InChI is InChI=1S/C19H24N2O4S2/c1-15(22)20-12-18-9-10-19(26-18)27(23,24)21-11-5-6-16(13-21)14-25-17-7-3-2-4-8-17/h2-4,7-10,16H,5-6,11-14H2,1H3,(H,20,22). The fourth-order valence-electron chi connectivity index (χ4n) is 3.04. The minimum absolute atomic E-state index is 0.134. The van der Waals surface area contributed by atoms with Gasteiger partial charge in [-0.2, -0.15) is 4.31 Å². The summed E-state index contributed by atoms with van der Waals surface area (Å²) in [6, 6.07) is 13.0. The summed E-state index contributed by atoms with van der Waals surface area (Å²) < 4.78 is 33.6. The van der Waals surface area contributed by atoms with Crippen LogP contribution in [0.1, 0.15) is 24.6 Å². The van der Waals surface area contributed by atoms with Gasteiger partial charge in [-0.05, 0) is 37.1 Å². The molecule has 146 valence electrons. The molecule has 1 N–H and O–H groups in total. The molecule has 1 amide bonds. The summed E-state index contributed by atoms with van der Waals surface area (Å²) in [4.78, 5) is 11.8. The summed E-state index contributed by atoms with van der Waals surface area (Å²) in [6.07, 6.45) is 1.78. The van der Waals surface area contributed by atoms with Crippen LogP contribution in [-0.2, 0) is 21.4 Å². The number of benzene rings is 1. The van der Waals surface area contributed by atoms with Gasteiger partial charge in [0.2, 0.25) is 5.91 Å². The predicted octanol–water partition coefficient (Wildman–Crippen LogP) is 2.86. The molecular weight excluding hydrogens is 384 g/mol. The van der Waals surface area contributed by atoms with E-state index in [1.807, 2.05) is 30.3 Å². The van der Waals surface area contributed by atoms with Crippen LogP contribution in [0.2, 0.25) is 0 Å². The van der Waals surface area contributed by atoms with Crippen molar-refractivity contribution in [1.82, 2.24) is 9.62 Å². The molecule has 6 nitrogen and oxygen atoms in total. The summed E-state index contributed by atoms with van der Waals surface area (Å²) in [5.74, 6) is 0.844. The number of ether oxygens (including phenoxy) is 1. The summed E-state index contributed by atoms with van der Waals surface area (Å²) in [5, 5.41) is 2.69. The molecule has 0 aliphatic carbocycles. The van der Waals surface area contributed by atoms with Crippen LogP contribution in [0.15, 0.2) is 46.7 Å². The number of carbonyl (C=O) groups excluding carboxylic acids is 1. The van der Waals surface area contributed by atoms with Crippen molar-refractivity contribution in [2.24, 2.45) is 5.92 Å². The molecule has 0 bridgehead atoms. The Bertz CT molecular complexity index is 865. The highest BCUT2D eigenvalue weighted by Crippen LogP contribution is 2.29. The van der Waals surface area contributed by atoms with Crippen LogP contribution in [-0.4, -0.2) is 38.3 Å². The van der Waals surface area contributed by atoms with E-state index in [-0.39, 0.29) is 11.8 Å². The number of sulfonamides is 1. The van der Waals surface area contributed by atoms with E-state index in [0.717, 1.165) is 23.5 Å². The maximum Gasteiger partial charge on any atom is 0.252 e. The third kappa shape index (κ3) is 5.31. The maximum atomic E-state index is 13.0. The van der Waals surface area contributed by atoms with E-state index in [4.69, 9.17) is 4.74 Å². The van der Waals surface area contributed by atoms with Gasteiger partial charge in [0.25, 0.3) is 10.0 Å². The zero-order valence-corrected chi connectivity index (χ0v) is 16.9. The van der Waals surface area contributed by atoms with Crippen molar-refractivity contribution < 1.29 is 17.9 Å². The first-order chi connectivity index (χ1) is 12.9. The van der Waals surface area contributed by atoms with Gasteiger partial charge in [0.05, 0.1) is 13.2 Å². The molecule has 1 aromatic heterocycles. The largest absolute Gasteiger partial charge is 0.493 e. The third-order valence-electron chi connectivity index (χ3n) is 4.45. The highest BCUT2D eigenvalue weighted by molar-refractivity contribution is 7.91. The fourth-order valence-corrected chi connectivity index (χ4v) is 6.05. The number of nitrogens with one attached hydrogen (secondary N) is 1. The van der Waals surface area contributed by atoms with Gasteiger partial charge in [0.1, 0.15) is 9.96 Å². The molecular formula is C19H24N2O4S2. The molecule has 27 heavy (non-hydrogen) atoms. The Balaban J connectivity index is 1.61. The van der Waals surface area contributed by atoms with Crippen LogP contribution in [0.4, 0.5) is 0 Å². The molecule has 0 spiro atoms. The Morgan fingerprint density at radius 3 is 2.78 bits per heavy atom. The highest BCUT2D eigenvalue weighted by Gasteiger charge is 2.31. The molecule has 1 atom stereocenters. The van der Waals surface area contributed by atoms with Gasteiger partial charge in [-0.3, -0.25) is 4.79 Å². The van der Waals surface area contributed by atoms with Crippen molar-refractivity contribution in [1.29, 1.82) is 0 Å². The molecule has 2 heterocycles. The molecule has 8 heteroatoms. The Labute approximate surface area is 164 Å². The zero-order valence-electron chi connectivity index (χ0n) is 15.3. The lowest BCUT2D eigenvalue weighted by molar-refractivity contribution is -0.119. The van der Waals surface area contributed by atoms with Crippen molar-refractivity contribution >= 4 is 27.3 Å². The van der Waals surface area contributed by atoms with Crippen LogP contribution in [0.25, 0.3) is 0 Å². The third-order valence-corrected chi connectivity index (χ3v) is 7.87. The number of thiophene rings is 1. The average molecular weight is 409 g/mol. The van der Waals surface area contributed by atoms with Crippen LogP contribution in [0, 0.1) is 5.92 Å². The van der Waals surface area contributed by atoms with E-state index in [2.05, 4.69) is 5.32 Å². The first-order valence-electron chi connectivity index (χ1n) is 8.96. The molecule has 0 saturated carbocycles. The number of amides is 1. The lowest BCUT2D eigenvalue weighted by atomic mass is 10.0. The Morgan fingerprint density at radius 1 is 1.26 bits per heavy atom. The second-order valence-corrected chi connectivity index (χ2v) is 9.96. The topological polar surface area (TPSA) is 75.7 Å². The van der Waals surface area contributed by atoms with E-state index < -0.39 is 10.0 Å². The van der Waals surface area contributed by atoms with E-state index in [1.54, 1.807) is 16.4 Å². The van der Waals surface area contributed by atoms with Crippen molar-refractivity contribution in [3.8, 4) is 5.75 Å². The lowest BCUT2D eigenvalue weighted by Crippen LogP contribution is -2.41. The zero-order chi connectivity index (χ0) is 19.3. The van der Waals surface area contributed by atoms with Crippen LogP contribution < -0.4 is 10.1 Å². The van der Waals surface area contributed by atoms with Gasteiger partial charge in [-0.15, -0.1) is 11.3 Å². The van der Waals surface area contributed by atoms with Crippen LogP contribution in [0.3, 0.4) is 0 Å². The molecule has 1 unspecified atom stereocenters. The van der Waals surface area contributed by atoms with E-state index in [1.165, 1.54) is 18.3 Å². The summed E-state index contributed by atoms with van der Waals surface area (Å²) >= 11 is 1.21. The smallest absolute Gasteiger partial charge is 0.252 e. The number of carbonyl (C=O) groups is 1. The summed E-state index contributed by atoms with van der Waals surface area (Å²) in [6.45, 7) is 3.30. The minimum atomic E-state index is -3.51. The minimum Gasteiger partial charge on any atom is -0.493 e. The maximum absolute atomic E-state index is 13.0. The SMILES string of the molecule is CC(=O)NCc1ccc(S(=O)(=O)N2CCCC(COc3ccccc3)C2)s1. The van der Waals surface area contributed by atoms with Crippen LogP contribution >= 0.6 is 11.3 Å². The first-order valence-corrected chi connectivity index (χ1v) is 11.2. The molecule has 0 radical (unpaired) electrons. The first kappa shape index (κ1) is 19.9. The van der Waals surface area contributed by atoms with E-state index in [9.17, 15) is 13.2 Å². The van der Waals surface area contributed by atoms with Gasteiger partial charge in [-0.25, -0.2) is 8.42 Å². The van der Waals surface area contributed by atoms with E-state index in [0.29, 0.717) is 30.5 Å². The van der Waals surface area contributed by atoms with Crippen molar-refractivity contribution in [3.63, 3.8) is 0 Å². The quantitative estimate of drug-likeness (QED) is 0.764. The average Bonchev–Trinajstić information content (AvgIpc) is 3.16. The molecule has 1 fully saturated rings. The fraction of sp³-hybridized carbons (Fsp3) is 0.421. The van der Waals surface area contributed by atoms with Crippen molar-refractivity contribution in [2.75, 3.05) is 19.7 Å². The van der Waals surface area contributed by atoms with E-state index >= 15 is 0 Å². The van der Waals surface area contributed by atoms with Crippen LogP contribution in [0.5, 0.6) is 5.75 Å². The number of para-hydroxylation sites is 1. The monoisotopic (exact) mass is 408 g/mol. The number of hydrogen-bond donors (Lipinski definition) is 1. The molecule has 3 rings (SSSR count). The Hall–Kier alpha value is -1.90. The number of piperidine rings is 1. The van der Waals surface area contributed by atoms with Gasteiger partial charge in [0, 0.05) is 30.8 Å². The van der Waals surface area contributed by atoms with Gasteiger partial charge >= 0.3 is 0 Å². The molecule has 2 aromatic rings.